The highest BCUT2D eigenvalue weighted by molar-refractivity contribution is 5.86. The van der Waals surface area contributed by atoms with Gasteiger partial charge in [-0.15, -0.1) is 0 Å². The number of aliphatic hydroxyl groups excluding tert-OH is 1. The van der Waals surface area contributed by atoms with Crippen molar-refractivity contribution in [3.05, 3.63) is 17.3 Å². The molecule has 0 saturated heterocycles. The van der Waals surface area contributed by atoms with Crippen LogP contribution in [0.15, 0.2) is 6.07 Å². The van der Waals surface area contributed by atoms with Crippen LogP contribution in [-0.4, -0.2) is 20.1 Å². The lowest BCUT2D eigenvalue weighted by Crippen LogP contribution is -2.03. The van der Waals surface area contributed by atoms with Crippen LogP contribution in [0.2, 0.25) is 0 Å². The molecule has 6 nitrogen and oxygen atoms in total. The van der Waals surface area contributed by atoms with Gasteiger partial charge in [-0.05, 0) is 18.6 Å². The van der Waals surface area contributed by atoms with E-state index in [9.17, 15) is 0 Å². The molecule has 2 heterocycles. The third-order valence-corrected chi connectivity index (χ3v) is 2.20. The molecule has 5 N–H and O–H groups in total. The summed E-state index contributed by atoms with van der Waals surface area (Å²) in [6, 6.07) is 1.73. The number of aliphatic hydroxyl groups is 1. The molecule has 0 radical (unpaired) electrons. The Morgan fingerprint density at radius 3 is 2.67 bits per heavy atom. The monoisotopic (exact) mass is 205 g/mol. The molecule has 6 heteroatoms. The number of nitrogen functional groups attached to an aromatic ring is 2. The van der Waals surface area contributed by atoms with E-state index in [1.54, 1.807) is 13.0 Å². The lowest BCUT2D eigenvalue weighted by atomic mass is 10.1. The molecule has 0 aliphatic rings. The van der Waals surface area contributed by atoms with Crippen molar-refractivity contribution in [3.63, 3.8) is 0 Å². The van der Waals surface area contributed by atoms with Gasteiger partial charge in [0.2, 0.25) is 5.95 Å². The van der Waals surface area contributed by atoms with Gasteiger partial charge in [-0.25, -0.2) is 4.98 Å². The highest BCUT2D eigenvalue weighted by Crippen LogP contribution is 2.20. The van der Waals surface area contributed by atoms with Crippen LogP contribution >= 0.6 is 0 Å². The molecule has 78 valence electrons. The van der Waals surface area contributed by atoms with Crippen LogP contribution in [-0.2, 0) is 6.61 Å². The van der Waals surface area contributed by atoms with E-state index in [0.29, 0.717) is 22.3 Å². The molecule has 0 atom stereocenters. The quantitative estimate of drug-likeness (QED) is 0.603. The number of anilines is 2. The van der Waals surface area contributed by atoms with Gasteiger partial charge < -0.3 is 16.6 Å². The maximum absolute atomic E-state index is 9.08. The summed E-state index contributed by atoms with van der Waals surface area (Å²) in [5.41, 5.74) is 13.0. The zero-order chi connectivity index (χ0) is 11.0. The fourth-order valence-electron chi connectivity index (χ4n) is 1.39. The number of fused-ring (bicyclic) bond motifs is 1. The van der Waals surface area contributed by atoms with Crippen LogP contribution in [0.3, 0.4) is 0 Å². The van der Waals surface area contributed by atoms with E-state index in [2.05, 4.69) is 15.0 Å². The Balaban J connectivity index is 2.81. The maximum atomic E-state index is 9.08. The number of hydrogen-bond acceptors (Lipinski definition) is 6. The summed E-state index contributed by atoms with van der Waals surface area (Å²) in [6.07, 6.45) is 0. The van der Waals surface area contributed by atoms with Gasteiger partial charge >= 0.3 is 0 Å². The van der Waals surface area contributed by atoms with Gasteiger partial charge in [0.1, 0.15) is 5.82 Å². The molecule has 0 aliphatic heterocycles. The maximum Gasteiger partial charge on any atom is 0.224 e. The number of aryl methyl sites for hydroxylation is 1. The number of hydrogen-bond donors (Lipinski definition) is 3. The Labute approximate surface area is 86.0 Å². The summed E-state index contributed by atoms with van der Waals surface area (Å²) < 4.78 is 0. The van der Waals surface area contributed by atoms with Gasteiger partial charge in [0, 0.05) is 5.69 Å². The minimum absolute atomic E-state index is 0.0847. The highest BCUT2D eigenvalue weighted by Gasteiger charge is 2.08. The molecule has 0 aromatic carbocycles. The summed E-state index contributed by atoms with van der Waals surface area (Å²) in [4.78, 5) is 12.0. The van der Waals surface area contributed by atoms with Gasteiger partial charge in [0.25, 0.3) is 0 Å². The number of aromatic nitrogens is 3. The largest absolute Gasteiger partial charge is 0.392 e. The fourth-order valence-corrected chi connectivity index (χ4v) is 1.39. The highest BCUT2D eigenvalue weighted by atomic mass is 16.3. The molecule has 0 fully saturated rings. The van der Waals surface area contributed by atoms with Crippen molar-refractivity contribution in [2.45, 2.75) is 13.5 Å². The van der Waals surface area contributed by atoms with Crippen molar-refractivity contribution in [2.24, 2.45) is 0 Å². The van der Waals surface area contributed by atoms with Crippen molar-refractivity contribution in [2.75, 3.05) is 11.5 Å². The normalized spacial score (nSPS) is 10.8. The van der Waals surface area contributed by atoms with Crippen LogP contribution in [0.25, 0.3) is 11.0 Å². The summed E-state index contributed by atoms with van der Waals surface area (Å²) >= 11 is 0. The molecule has 0 amide bonds. The molecule has 0 bridgehead atoms. The minimum atomic E-state index is -0.0847. The minimum Gasteiger partial charge on any atom is -0.392 e. The fraction of sp³-hybridized carbons (Fsp3) is 0.222. The molecule has 15 heavy (non-hydrogen) atoms. The molecular formula is C9H11N5O. The molecule has 0 unspecified atom stereocenters. The van der Waals surface area contributed by atoms with E-state index in [-0.39, 0.29) is 18.4 Å². The first-order valence-corrected chi connectivity index (χ1v) is 4.42. The first-order valence-electron chi connectivity index (χ1n) is 4.42. The molecule has 2 aromatic heterocycles. The zero-order valence-electron chi connectivity index (χ0n) is 8.23. The third-order valence-electron chi connectivity index (χ3n) is 2.20. The van der Waals surface area contributed by atoms with Gasteiger partial charge in [-0.2, -0.15) is 9.97 Å². The average molecular weight is 205 g/mol. The Bertz CT molecular complexity index is 525. The van der Waals surface area contributed by atoms with E-state index in [4.69, 9.17) is 16.6 Å². The van der Waals surface area contributed by atoms with Crippen molar-refractivity contribution < 1.29 is 5.11 Å². The predicted octanol–water partition coefficient (Wildman–Crippen LogP) is -0.0101. The number of rotatable bonds is 1. The summed E-state index contributed by atoms with van der Waals surface area (Å²) in [5, 5.41) is 9.69. The second-order valence-electron chi connectivity index (χ2n) is 3.23. The molecule has 0 saturated carbocycles. The first-order chi connectivity index (χ1) is 7.11. The van der Waals surface area contributed by atoms with Gasteiger partial charge in [0.05, 0.1) is 12.0 Å². The van der Waals surface area contributed by atoms with E-state index in [0.717, 1.165) is 0 Å². The number of nitrogens with zero attached hydrogens (tertiary/aromatic N) is 3. The Kier molecular flexibility index (Phi) is 2.12. The summed E-state index contributed by atoms with van der Waals surface area (Å²) in [7, 11) is 0. The smallest absolute Gasteiger partial charge is 0.224 e. The van der Waals surface area contributed by atoms with Crippen molar-refractivity contribution in [1.82, 2.24) is 15.0 Å². The van der Waals surface area contributed by atoms with Crippen LogP contribution in [0.1, 0.15) is 11.3 Å². The predicted molar refractivity (Wildman–Crippen MR) is 56.8 cm³/mol. The third kappa shape index (κ3) is 1.55. The van der Waals surface area contributed by atoms with Gasteiger partial charge in [-0.3, -0.25) is 0 Å². The second-order valence-corrected chi connectivity index (χ2v) is 3.23. The van der Waals surface area contributed by atoms with Crippen molar-refractivity contribution >= 4 is 22.8 Å². The summed E-state index contributed by atoms with van der Waals surface area (Å²) in [6.45, 7) is 1.71. The standard InChI is InChI=1S/C9H11N5O/c1-4-5(3-15)2-6-7(10)13-9(11)14-8(6)12-4/h2,15H,3H2,1H3,(H4,10,11,12,13,14). The lowest BCUT2D eigenvalue weighted by molar-refractivity contribution is 0.280. The van der Waals surface area contributed by atoms with Crippen LogP contribution in [0.4, 0.5) is 11.8 Å². The van der Waals surface area contributed by atoms with Gasteiger partial charge in [0.15, 0.2) is 5.65 Å². The number of pyridine rings is 1. The van der Waals surface area contributed by atoms with E-state index >= 15 is 0 Å². The second kappa shape index (κ2) is 3.32. The van der Waals surface area contributed by atoms with Crippen molar-refractivity contribution in [3.8, 4) is 0 Å². The SMILES string of the molecule is Cc1nc2nc(N)nc(N)c2cc1CO. The Hall–Kier alpha value is -1.95. The molecule has 2 rings (SSSR count). The first kappa shape index (κ1) is 9.60. The lowest BCUT2D eigenvalue weighted by Gasteiger charge is -2.06. The molecule has 0 aliphatic carbocycles. The van der Waals surface area contributed by atoms with Crippen LogP contribution in [0, 0.1) is 6.92 Å². The van der Waals surface area contributed by atoms with Gasteiger partial charge in [-0.1, -0.05) is 0 Å². The van der Waals surface area contributed by atoms with Crippen LogP contribution in [0.5, 0.6) is 0 Å². The average Bonchev–Trinajstić information content (AvgIpc) is 2.16. The Morgan fingerprint density at radius 1 is 1.27 bits per heavy atom. The zero-order valence-corrected chi connectivity index (χ0v) is 8.23. The molecule has 2 aromatic rings. The molecule has 0 spiro atoms. The topological polar surface area (TPSA) is 111 Å². The van der Waals surface area contributed by atoms with Crippen molar-refractivity contribution in [1.29, 1.82) is 0 Å². The van der Waals surface area contributed by atoms with E-state index < -0.39 is 0 Å². The number of nitrogens with two attached hydrogens (primary N) is 2. The molecular weight excluding hydrogens is 194 g/mol. The van der Waals surface area contributed by atoms with E-state index in [1.807, 2.05) is 0 Å². The van der Waals surface area contributed by atoms with E-state index in [1.165, 1.54) is 0 Å². The van der Waals surface area contributed by atoms with Crippen LogP contribution < -0.4 is 11.5 Å². The summed E-state index contributed by atoms with van der Waals surface area (Å²) in [5.74, 6) is 0.378. The Morgan fingerprint density at radius 2 is 2.00 bits per heavy atom.